The molecule has 4 nitrogen and oxygen atoms in total. The molecule has 1 amide bonds. The largest absolute Gasteiger partial charge is 0.295 e. The maximum absolute atomic E-state index is 12.3. The number of nitrogens with zero attached hydrogens (tertiary/aromatic N) is 1. The van der Waals surface area contributed by atoms with Crippen LogP contribution >= 0.6 is 23.2 Å². The van der Waals surface area contributed by atoms with Crippen LogP contribution in [0.1, 0.15) is 17.5 Å². The molecule has 114 valence electrons. The van der Waals surface area contributed by atoms with Gasteiger partial charge in [-0.15, -0.1) is 0 Å². The van der Waals surface area contributed by atoms with Crippen molar-refractivity contribution >= 4 is 34.8 Å². The van der Waals surface area contributed by atoms with Crippen LogP contribution < -0.4 is 10.9 Å². The number of fused-ring (bicyclic) bond motifs is 1. The molecule has 2 aromatic rings. The lowest BCUT2D eigenvalue weighted by atomic mass is 9.83. The lowest BCUT2D eigenvalue weighted by Gasteiger charge is -2.24. The summed E-state index contributed by atoms with van der Waals surface area (Å²) in [5.41, 5.74) is 8.53. The van der Waals surface area contributed by atoms with Crippen LogP contribution in [0.3, 0.4) is 0 Å². The second-order valence-electron chi connectivity index (χ2n) is 5.30. The van der Waals surface area contributed by atoms with Crippen LogP contribution in [-0.4, -0.2) is 10.9 Å². The fraction of sp³-hybridized carbons (Fsp3) is 0.250. The minimum absolute atomic E-state index is 0.0539. The number of pyridine rings is 1. The Hall–Kier alpha value is -1.78. The molecular weight excluding hydrogens is 321 g/mol. The summed E-state index contributed by atoms with van der Waals surface area (Å²) in [5, 5.41) is 0.726. The molecule has 0 spiro atoms. The highest BCUT2D eigenvalue weighted by atomic mass is 35.5. The minimum Gasteiger partial charge on any atom is -0.295 e. The monoisotopic (exact) mass is 335 g/mol. The fourth-order valence-electron chi connectivity index (χ4n) is 2.68. The Kier molecular flexibility index (Phi) is 4.50. The molecule has 1 aliphatic carbocycles. The molecule has 1 aliphatic rings. The van der Waals surface area contributed by atoms with Gasteiger partial charge in [0.05, 0.1) is 15.7 Å². The van der Waals surface area contributed by atoms with Crippen molar-refractivity contribution in [3.8, 4) is 0 Å². The summed E-state index contributed by atoms with van der Waals surface area (Å²) in [6.07, 6.45) is 5.45. The van der Waals surface area contributed by atoms with E-state index in [4.69, 9.17) is 23.2 Å². The molecule has 6 heteroatoms. The van der Waals surface area contributed by atoms with E-state index in [1.54, 1.807) is 0 Å². The Bertz CT molecular complexity index is 685. The Morgan fingerprint density at radius 2 is 1.82 bits per heavy atom. The van der Waals surface area contributed by atoms with Crippen LogP contribution in [0.4, 0.5) is 5.69 Å². The van der Waals surface area contributed by atoms with Crippen molar-refractivity contribution in [2.75, 3.05) is 5.43 Å². The zero-order valence-electron chi connectivity index (χ0n) is 11.8. The van der Waals surface area contributed by atoms with Gasteiger partial charge in [0, 0.05) is 18.3 Å². The van der Waals surface area contributed by atoms with Gasteiger partial charge in [-0.1, -0.05) is 47.5 Å². The van der Waals surface area contributed by atoms with E-state index < -0.39 is 0 Å². The van der Waals surface area contributed by atoms with Gasteiger partial charge in [0.2, 0.25) is 5.91 Å². The SMILES string of the molecule is O=C(NNc1c(Cl)cncc1Cl)[C@@H]1CCc2ccccc2C1. The number of hydrogen-bond acceptors (Lipinski definition) is 3. The molecule has 0 saturated carbocycles. The maximum atomic E-state index is 12.3. The molecule has 2 N–H and O–H groups in total. The molecule has 1 aromatic carbocycles. The number of hydrazine groups is 1. The van der Waals surface area contributed by atoms with E-state index in [0.29, 0.717) is 15.7 Å². The highest BCUT2D eigenvalue weighted by molar-refractivity contribution is 6.38. The highest BCUT2D eigenvalue weighted by Gasteiger charge is 2.24. The Labute approximate surface area is 138 Å². The Morgan fingerprint density at radius 1 is 1.14 bits per heavy atom. The number of benzene rings is 1. The Morgan fingerprint density at radius 3 is 2.55 bits per heavy atom. The average Bonchev–Trinajstić information content (AvgIpc) is 2.53. The number of aryl methyl sites for hydroxylation is 1. The van der Waals surface area contributed by atoms with Gasteiger partial charge in [-0.25, -0.2) is 0 Å². The smallest absolute Gasteiger partial charge is 0.241 e. The van der Waals surface area contributed by atoms with Crippen LogP contribution in [-0.2, 0) is 17.6 Å². The summed E-state index contributed by atoms with van der Waals surface area (Å²) in [7, 11) is 0. The number of halogens is 2. The molecule has 3 rings (SSSR count). The van der Waals surface area contributed by atoms with Gasteiger partial charge in [-0.05, 0) is 30.4 Å². The predicted octanol–water partition coefficient (Wildman–Crippen LogP) is 3.64. The number of carbonyl (C=O) groups excluding carboxylic acids is 1. The first kappa shape index (κ1) is 15.1. The van der Waals surface area contributed by atoms with E-state index in [-0.39, 0.29) is 11.8 Å². The van der Waals surface area contributed by atoms with Gasteiger partial charge < -0.3 is 0 Å². The first-order chi connectivity index (χ1) is 10.6. The first-order valence-corrected chi connectivity index (χ1v) is 7.82. The molecule has 1 heterocycles. The number of aromatic nitrogens is 1. The third-order valence-electron chi connectivity index (χ3n) is 3.88. The normalized spacial score (nSPS) is 16.7. The standard InChI is InChI=1S/C16H15Cl2N3O/c17-13-8-19-9-14(18)15(13)20-21-16(22)12-6-5-10-3-1-2-4-11(10)7-12/h1-4,8-9,12H,5-7H2,(H,19,20)(H,21,22)/t12-/m1/s1. The van der Waals surface area contributed by atoms with Crippen LogP contribution in [0.25, 0.3) is 0 Å². The number of nitrogens with one attached hydrogen (secondary N) is 2. The third-order valence-corrected chi connectivity index (χ3v) is 4.45. The van der Waals surface area contributed by atoms with Crippen molar-refractivity contribution in [2.45, 2.75) is 19.3 Å². The summed E-state index contributed by atoms with van der Waals surface area (Å²) < 4.78 is 0. The topological polar surface area (TPSA) is 54.0 Å². The number of anilines is 1. The molecule has 1 atom stereocenters. The molecule has 0 aliphatic heterocycles. The maximum Gasteiger partial charge on any atom is 0.241 e. The summed E-state index contributed by atoms with van der Waals surface area (Å²) in [5.74, 6) is -0.111. The fourth-order valence-corrected chi connectivity index (χ4v) is 3.14. The molecule has 0 radical (unpaired) electrons. The third kappa shape index (κ3) is 3.18. The number of carbonyl (C=O) groups is 1. The molecule has 0 bridgehead atoms. The van der Waals surface area contributed by atoms with E-state index in [1.807, 2.05) is 12.1 Å². The molecule has 22 heavy (non-hydrogen) atoms. The van der Waals surface area contributed by atoms with E-state index in [9.17, 15) is 4.79 Å². The molecular formula is C16H15Cl2N3O. The molecule has 1 aromatic heterocycles. The van der Waals surface area contributed by atoms with Crippen LogP contribution in [0.5, 0.6) is 0 Å². The van der Waals surface area contributed by atoms with Crippen molar-refractivity contribution in [3.05, 3.63) is 57.8 Å². The van der Waals surface area contributed by atoms with E-state index >= 15 is 0 Å². The predicted molar refractivity (Wildman–Crippen MR) is 88.0 cm³/mol. The van der Waals surface area contributed by atoms with Gasteiger partial charge in [0.15, 0.2) is 0 Å². The molecule has 0 saturated heterocycles. The van der Waals surface area contributed by atoms with Crippen molar-refractivity contribution in [1.29, 1.82) is 0 Å². The lowest BCUT2D eigenvalue weighted by Crippen LogP contribution is -2.37. The van der Waals surface area contributed by atoms with E-state index in [1.165, 1.54) is 23.5 Å². The molecule has 0 fully saturated rings. The van der Waals surface area contributed by atoms with E-state index in [0.717, 1.165) is 19.3 Å². The summed E-state index contributed by atoms with van der Waals surface area (Å²) in [4.78, 5) is 16.2. The second kappa shape index (κ2) is 6.55. The van der Waals surface area contributed by atoms with E-state index in [2.05, 4.69) is 28.0 Å². The van der Waals surface area contributed by atoms with Crippen LogP contribution in [0.15, 0.2) is 36.7 Å². The first-order valence-electron chi connectivity index (χ1n) is 7.07. The van der Waals surface area contributed by atoms with Gasteiger partial charge >= 0.3 is 0 Å². The number of amides is 1. The number of hydrogen-bond donors (Lipinski definition) is 2. The van der Waals surface area contributed by atoms with Gasteiger partial charge in [-0.3, -0.25) is 20.6 Å². The van der Waals surface area contributed by atoms with Crippen LogP contribution in [0.2, 0.25) is 10.0 Å². The average molecular weight is 336 g/mol. The number of rotatable bonds is 3. The van der Waals surface area contributed by atoms with Crippen molar-refractivity contribution in [1.82, 2.24) is 10.4 Å². The lowest BCUT2D eigenvalue weighted by molar-refractivity contribution is -0.124. The summed E-state index contributed by atoms with van der Waals surface area (Å²) in [6.45, 7) is 0. The van der Waals surface area contributed by atoms with Gasteiger partial charge in [0.25, 0.3) is 0 Å². The summed E-state index contributed by atoms with van der Waals surface area (Å²) >= 11 is 12.0. The van der Waals surface area contributed by atoms with Gasteiger partial charge in [0.1, 0.15) is 0 Å². The molecule has 0 unspecified atom stereocenters. The minimum atomic E-state index is -0.0570. The van der Waals surface area contributed by atoms with Crippen LogP contribution in [0, 0.1) is 5.92 Å². The van der Waals surface area contributed by atoms with Crippen molar-refractivity contribution < 1.29 is 4.79 Å². The highest BCUT2D eigenvalue weighted by Crippen LogP contribution is 2.28. The zero-order valence-corrected chi connectivity index (χ0v) is 13.3. The second-order valence-corrected chi connectivity index (χ2v) is 6.12. The zero-order chi connectivity index (χ0) is 15.5. The Balaban J connectivity index is 1.64. The van der Waals surface area contributed by atoms with Crippen molar-refractivity contribution in [3.63, 3.8) is 0 Å². The quantitative estimate of drug-likeness (QED) is 0.842. The summed E-state index contributed by atoms with van der Waals surface area (Å²) in [6, 6.07) is 8.25. The van der Waals surface area contributed by atoms with Gasteiger partial charge in [-0.2, -0.15) is 0 Å². The van der Waals surface area contributed by atoms with Crippen molar-refractivity contribution in [2.24, 2.45) is 5.92 Å².